The Bertz CT molecular complexity index is 669. The van der Waals surface area contributed by atoms with Crippen LogP contribution >= 0.6 is 0 Å². The van der Waals surface area contributed by atoms with Gasteiger partial charge >= 0.3 is 0 Å². The second-order valence-electron chi connectivity index (χ2n) is 8.77. The van der Waals surface area contributed by atoms with Gasteiger partial charge in [0, 0.05) is 31.2 Å². The summed E-state index contributed by atoms with van der Waals surface area (Å²) in [6.45, 7) is 6.78. The van der Waals surface area contributed by atoms with E-state index in [1.54, 1.807) is 0 Å². The van der Waals surface area contributed by atoms with Gasteiger partial charge in [0.05, 0.1) is 19.3 Å². The second kappa shape index (κ2) is 7.90. The van der Waals surface area contributed by atoms with Gasteiger partial charge in [0.25, 0.3) is 5.91 Å². The molecule has 1 aromatic carbocycles. The number of aryl methyl sites for hydroxylation is 1. The van der Waals surface area contributed by atoms with E-state index in [0.717, 1.165) is 69.6 Å². The Morgan fingerprint density at radius 1 is 1.30 bits per heavy atom. The molecule has 5 heteroatoms. The molecule has 0 bridgehead atoms. The van der Waals surface area contributed by atoms with Crippen LogP contribution < -0.4 is 0 Å². The molecule has 0 radical (unpaired) electrons. The van der Waals surface area contributed by atoms with Crippen molar-refractivity contribution >= 4 is 5.91 Å². The summed E-state index contributed by atoms with van der Waals surface area (Å²) in [5.74, 6) is 0.159. The van der Waals surface area contributed by atoms with E-state index in [1.807, 2.05) is 36.1 Å². The number of carbonyl (C=O) groups excluding carboxylic acids is 1. The van der Waals surface area contributed by atoms with Gasteiger partial charge in [-0.05, 0) is 63.1 Å². The number of nitrogens with zero attached hydrogens (tertiary/aromatic N) is 2. The van der Waals surface area contributed by atoms with Gasteiger partial charge in [0.1, 0.15) is 0 Å². The number of carbonyl (C=O) groups is 1. The van der Waals surface area contributed by atoms with Crippen LogP contribution in [0.15, 0.2) is 24.3 Å². The number of rotatable bonds is 4. The monoisotopic (exact) mass is 372 g/mol. The largest absolute Gasteiger partial charge is 0.395 e. The highest BCUT2D eigenvalue weighted by molar-refractivity contribution is 5.94. The third-order valence-corrected chi connectivity index (χ3v) is 6.81. The maximum absolute atomic E-state index is 12.8. The van der Waals surface area contributed by atoms with Crippen molar-refractivity contribution in [2.45, 2.75) is 51.2 Å². The molecular formula is C22H32N2O3. The summed E-state index contributed by atoms with van der Waals surface area (Å²) in [4.78, 5) is 17.2. The number of piperidine rings is 1. The van der Waals surface area contributed by atoms with Crippen LogP contribution in [0.1, 0.15) is 48.0 Å². The quantitative estimate of drug-likeness (QED) is 0.882. The average molecular weight is 373 g/mol. The van der Waals surface area contributed by atoms with E-state index in [2.05, 4.69) is 4.90 Å². The van der Waals surface area contributed by atoms with E-state index >= 15 is 0 Å². The maximum atomic E-state index is 12.8. The molecule has 148 valence electrons. The number of aliphatic hydroxyl groups excluding tert-OH is 1. The van der Waals surface area contributed by atoms with E-state index < -0.39 is 0 Å². The van der Waals surface area contributed by atoms with Crippen LogP contribution in [0.4, 0.5) is 0 Å². The third-order valence-electron chi connectivity index (χ3n) is 6.81. The molecule has 4 rings (SSSR count). The van der Waals surface area contributed by atoms with Crippen molar-refractivity contribution in [2.24, 2.45) is 5.41 Å². The zero-order valence-electron chi connectivity index (χ0n) is 16.4. The van der Waals surface area contributed by atoms with Crippen LogP contribution in [0.3, 0.4) is 0 Å². The smallest absolute Gasteiger partial charge is 0.253 e. The molecule has 1 amide bonds. The van der Waals surface area contributed by atoms with E-state index in [-0.39, 0.29) is 24.0 Å². The zero-order chi connectivity index (χ0) is 18.9. The highest BCUT2D eigenvalue weighted by atomic mass is 16.5. The summed E-state index contributed by atoms with van der Waals surface area (Å²) in [5, 5.41) is 9.52. The molecule has 3 aliphatic heterocycles. The molecular weight excluding hydrogens is 340 g/mol. The van der Waals surface area contributed by atoms with Gasteiger partial charge < -0.3 is 14.7 Å². The predicted molar refractivity (Wildman–Crippen MR) is 105 cm³/mol. The Morgan fingerprint density at radius 2 is 2.11 bits per heavy atom. The van der Waals surface area contributed by atoms with Gasteiger partial charge in [-0.3, -0.25) is 9.69 Å². The molecule has 3 saturated heterocycles. The van der Waals surface area contributed by atoms with Crippen LogP contribution in [0.25, 0.3) is 0 Å². The van der Waals surface area contributed by atoms with Crippen molar-refractivity contribution in [1.29, 1.82) is 0 Å². The average Bonchev–Trinajstić information content (AvgIpc) is 3.29. The molecule has 0 saturated carbocycles. The molecule has 27 heavy (non-hydrogen) atoms. The van der Waals surface area contributed by atoms with E-state index in [9.17, 15) is 9.90 Å². The summed E-state index contributed by atoms with van der Waals surface area (Å²) in [7, 11) is 0. The van der Waals surface area contributed by atoms with Crippen molar-refractivity contribution in [3.63, 3.8) is 0 Å². The maximum Gasteiger partial charge on any atom is 0.253 e. The standard InChI is InChI=1S/C22H32N2O3/c1-17-4-2-5-18(12-17)21(26)23-10-7-22(8-11-23)13-20(27-16-22)14-24-9-3-6-19(24)15-25/h2,4-5,12,19-20,25H,3,6-11,13-16H2,1H3/t19-,20+/m0/s1. The molecule has 5 nitrogen and oxygen atoms in total. The van der Waals surface area contributed by atoms with Crippen LogP contribution in [-0.4, -0.2) is 72.4 Å². The fourth-order valence-corrected chi connectivity index (χ4v) is 5.11. The molecule has 3 fully saturated rings. The number of likely N-dealkylation sites (tertiary alicyclic amines) is 2. The lowest BCUT2D eigenvalue weighted by Crippen LogP contribution is -2.44. The lowest BCUT2D eigenvalue weighted by atomic mass is 9.76. The Balaban J connectivity index is 1.30. The van der Waals surface area contributed by atoms with Crippen LogP contribution in [0, 0.1) is 12.3 Å². The van der Waals surface area contributed by atoms with Gasteiger partial charge in [-0.2, -0.15) is 0 Å². The van der Waals surface area contributed by atoms with Crippen molar-refractivity contribution in [1.82, 2.24) is 9.80 Å². The van der Waals surface area contributed by atoms with E-state index in [1.165, 1.54) is 6.42 Å². The van der Waals surface area contributed by atoms with Crippen molar-refractivity contribution in [3.8, 4) is 0 Å². The molecule has 2 atom stereocenters. The van der Waals surface area contributed by atoms with Gasteiger partial charge in [0.2, 0.25) is 0 Å². The minimum absolute atomic E-state index is 0.159. The number of aliphatic hydroxyl groups is 1. The lowest BCUT2D eigenvalue weighted by Gasteiger charge is -2.38. The Labute approximate surface area is 162 Å². The first-order valence-electron chi connectivity index (χ1n) is 10.4. The second-order valence-corrected chi connectivity index (χ2v) is 8.77. The normalized spacial score (nSPS) is 28.1. The summed E-state index contributed by atoms with van der Waals surface area (Å²) >= 11 is 0. The number of ether oxygens (including phenoxy) is 1. The molecule has 3 aliphatic rings. The number of amides is 1. The summed E-state index contributed by atoms with van der Waals surface area (Å²) in [5.41, 5.74) is 2.17. The fourth-order valence-electron chi connectivity index (χ4n) is 5.11. The first kappa shape index (κ1) is 18.9. The highest BCUT2D eigenvalue weighted by Crippen LogP contribution is 2.42. The molecule has 1 N–H and O–H groups in total. The summed E-state index contributed by atoms with van der Waals surface area (Å²) in [6.07, 6.45) is 5.71. The summed E-state index contributed by atoms with van der Waals surface area (Å²) in [6, 6.07) is 8.21. The van der Waals surface area contributed by atoms with Crippen LogP contribution in [0.5, 0.6) is 0 Å². The van der Waals surface area contributed by atoms with Gasteiger partial charge in [-0.1, -0.05) is 17.7 Å². The molecule has 1 spiro atoms. The first-order valence-corrected chi connectivity index (χ1v) is 10.4. The molecule has 3 heterocycles. The van der Waals surface area contributed by atoms with Gasteiger partial charge in [-0.15, -0.1) is 0 Å². The fraction of sp³-hybridized carbons (Fsp3) is 0.682. The SMILES string of the molecule is Cc1cccc(C(=O)N2CCC3(CC2)CO[C@@H](CN2CCC[C@H]2CO)C3)c1. The van der Waals surface area contributed by atoms with Gasteiger partial charge in [0.15, 0.2) is 0 Å². The van der Waals surface area contributed by atoms with Crippen molar-refractivity contribution in [3.05, 3.63) is 35.4 Å². The molecule has 0 aromatic heterocycles. The van der Waals surface area contributed by atoms with Gasteiger partial charge in [-0.25, -0.2) is 0 Å². The number of benzene rings is 1. The molecule has 0 aliphatic carbocycles. The topological polar surface area (TPSA) is 53.0 Å². The third kappa shape index (κ3) is 4.05. The summed E-state index contributed by atoms with van der Waals surface area (Å²) < 4.78 is 6.17. The molecule has 0 unspecified atom stereocenters. The highest BCUT2D eigenvalue weighted by Gasteiger charge is 2.44. The Morgan fingerprint density at radius 3 is 2.85 bits per heavy atom. The predicted octanol–water partition coefficient (Wildman–Crippen LogP) is 2.46. The van der Waals surface area contributed by atoms with Crippen molar-refractivity contribution < 1.29 is 14.6 Å². The number of hydrogen-bond acceptors (Lipinski definition) is 4. The van der Waals surface area contributed by atoms with Crippen molar-refractivity contribution in [2.75, 3.05) is 39.4 Å². The van der Waals surface area contributed by atoms with E-state index in [4.69, 9.17) is 4.74 Å². The minimum atomic E-state index is 0.159. The lowest BCUT2D eigenvalue weighted by molar-refractivity contribution is 0.0401. The molecule has 1 aromatic rings. The minimum Gasteiger partial charge on any atom is -0.395 e. The van der Waals surface area contributed by atoms with Crippen LogP contribution in [0.2, 0.25) is 0 Å². The Hall–Kier alpha value is -1.43. The van der Waals surface area contributed by atoms with E-state index in [0.29, 0.717) is 6.04 Å². The number of hydrogen-bond donors (Lipinski definition) is 1. The Kier molecular flexibility index (Phi) is 5.53. The first-order chi connectivity index (χ1) is 13.1. The zero-order valence-corrected chi connectivity index (χ0v) is 16.4. The van der Waals surface area contributed by atoms with Crippen LogP contribution in [-0.2, 0) is 4.74 Å².